The van der Waals surface area contributed by atoms with Crippen LogP contribution >= 0.6 is 0 Å². The van der Waals surface area contributed by atoms with Crippen LogP contribution in [0.25, 0.3) is 10.9 Å². The molecule has 0 saturated carbocycles. The molecule has 7 heteroatoms. The van der Waals surface area contributed by atoms with Gasteiger partial charge in [0.2, 0.25) is 11.8 Å². The zero-order valence-electron chi connectivity index (χ0n) is 13.5. The second kappa shape index (κ2) is 6.74. The minimum absolute atomic E-state index is 0.151. The molecular formula is C17H20N4O3. The van der Waals surface area contributed by atoms with Gasteiger partial charge >= 0.3 is 6.03 Å². The van der Waals surface area contributed by atoms with Crippen molar-refractivity contribution in [2.45, 2.75) is 32.4 Å². The van der Waals surface area contributed by atoms with Crippen molar-refractivity contribution < 1.29 is 14.4 Å². The molecule has 7 nitrogen and oxygen atoms in total. The number of nitrogens with zero attached hydrogens (tertiary/aromatic N) is 1. The number of benzene rings is 1. The van der Waals surface area contributed by atoms with Crippen LogP contribution in [-0.4, -0.2) is 35.0 Å². The number of aromatic nitrogens is 1. The minimum atomic E-state index is -0.682. The van der Waals surface area contributed by atoms with Gasteiger partial charge in [0.05, 0.1) is 0 Å². The van der Waals surface area contributed by atoms with E-state index in [1.165, 1.54) is 5.39 Å². The zero-order valence-corrected chi connectivity index (χ0v) is 13.5. The Morgan fingerprint density at radius 3 is 2.96 bits per heavy atom. The number of hydrogen-bond donors (Lipinski definition) is 3. The predicted molar refractivity (Wildman–Crippen MR) is 89.4 cm³/mol. The van der Waals surface area contributed by atoms with Crippen LogP contribution in [-0.2, 0) is 16.1 Å². The summed E-state index contributed by atoms with van der Waals surface area (Å²) in [4.78, 5) is 34.9. The number of para-hydroxylation sites is 1. The first-order valence-corrected chi connectivity index (χ1v) is 7.97. The first-order valence-electron chi connectivity index (χ1n) is 7.97. The molecule has 1 aliphatic heterocycles. The molecule has 1 atom stereocenters. The second-order valence-electron chi connectivity index (χ2n) is 5.90. The highest BCUT2D eigenvalue weighted by Gasteiger charge is 2.25. The quantitative estimate of drug-likeness (QED) is 0.783. The van der Waals surface area contributed by atoms with Crippen molar-refractivity contribution in [2.24, 2.45) is 0 Å². The van der Waals surface area contributed by atoms with Crippen molar-refractivity contribution in [2.75, 3.05) is 6.54 Å². The molecule has 0 spiro atoms. The van der Waals surface area contributed by atoms with E-state index >= 15 is 0 Å². The van der Waals surface area contributed by atoms with Crippen molar-refractivity contribution in [1.82, 2.24) is 20.5 Å². The Morgan fingerprint density at radius 2 is 2.12 bits per heavy atom. The number of fused-ring (bicyclic) bond motifs is 1. The van der Waals surface area contributed by atoms with Gasteiger partial charge in [0.1, 0.15) is 6.04 Å². The molecule has 24 heavy (non-hydrogen) atoms. The Morgan fingerprint density at radius 1 is 1.33 bits per heavy atom. The molecule has 126 valence electrons. The summed E-state index contributed by atoms with van der Waals surface area (Å²) in [5.74, 6) is -0.633. The van der Waals surface area contributed by atoms with Crippen molar-refractivity contribution in [1.29, 1.82) is 0 Å². The van der Waals surface area contributed by atoms with Crippen molar-refractivity contribution in [3.05, 3.63) is 36.0 Å². The molecule has 2 heterocycles. The van der Waals surface area contributed by atoms with Gasteiger partial charge < -0.3 is 15.2 Å². The van der Waals surface area contributed by atoms with E-state index in [2.05, 4.69) is 32.7 Å². The van der Waals surface area contributed by atoms with E-state index in [4.69, 9.17) is 0 Å². The van der Waals surface area contributed by atoms with Gasteiger partial charge in [-0.15, -0.1) is 0 Å². The van der Waals surface area contributed by atoms with Gasteiger partial charge in [0, 0.05) is 30.7 Å². The Hall–Kier alpha value is -2.83. The number of hydrogen-bond acceptors (Lipinski definition) is 3. The van der Waals surface area contributed by atoms with E-state index < -0.39 is 12.1 Å². The number of urea groups is 1. The van der Waals surface area contributed by atoms with Gasteiger partial charge in [0.25, 0.3) is 0 Å². The monoisotopic (exact) mass is 328 g/mol. The number of imide groups is 1. The lowest BCUT2D eigenvalue weighted by Crippen LogP contribution is -2.48. The molecule has 0 radical (unpaired) electrons. The van der Waals surface area contributed by atoms with Gasteiger partial charge in [-0.3, -0.25) is 14.9 Å². The van der Waals surface area contributed by atoms with Gasteiger partial charge in [0.15, 0.2) is 0 Å². The second-order valence-corrected chi connectivity index (χ2v) is 5.90. The summed E-state index contributed by atoms with van der Waals surface area (Å²) >= 11 is 0. The normalized spacial score (nSPS) is 18.0. The lowest BCUT2D eigenvalue weighted by atomic mass is 10.1. The molecule has 2 aromatic rings. The third-order valence-corrected chi connectivity index (χ3v) is 4.19. The van der Waals surface area contributed by atoms with E-state index in [0.717, 1.165) is 11.2 Å². The first kappa shape index (κ1) is 16.0. The number of amides is 4. The number of nitrogens with one attached hydrogen (secondary N) is 3. The van der Waals surface area contributed by atoms with E-state index in [1.54, 1.807) is 0 Å². The molecule has 1 aromatic heterocycles. The molecule has 1 fully saturated rings. The van der Waals surface area contributed by atoms with Crippen LogP contribution < -0.4 is 16.0 Å². The highest BCUT2D eigenvalue weighted by molar-refractivity contribution is 5.98. The Labute approximate surface area is 139 Å². The van der Waals surface area contributed by atoms with Gasteiger partial charge in [-0.05, 0) is 30.9 Å². The summed E-state index contributed by atoms with van der Waals surface area (Å²) in [6, 6.07) is 8.90. The molecule has 3 N–H and O–H groups in total. The third kappa shape index (κ3) is 3.40. The van der Waals surface area contributed by atoms with Crippen LogP contribution in [0.2, 0.25) is 0 Å². The zero-order chi connectivity index (χ0) is 17.1. The molecule has 0 unspecified atom stereocenters. The van der Waals surface area contributed by atoms with E-state index in [1.807, 2.05) is 25.1 Å². The minimum Gasteiger partial charge on any atom is -0.353 e. The topological polar surface area (TPSA) is 92.2 Å². The third-order valence-electron chi connectivity index (χ3n) is 4.19. The van der Waals surface area contributed by atoms with Gasteiger partial charge in [-0.2, -0.15) is 0 Å². The molecule has 1 aliphatic rings. The maximum Gasteiger partial charge on any atom is 0.322 e. The van der Waals surface area contributed by atoms with Crippen LogP contribution in [0.1, 0.15) is 18.5 Å². The smallest absolute Gasteiger partial charge is 0.322 e. The predicted octanol–water partition coefficient (Wildman–Crippen LogP) is 1.05. The maximum absolute atomic E-state index is 12.2. The van der Waals surface area contributed by atoms with E-state index in [9.17, 15) is 14.4 Å². The summed E-state index contributed by atoms with van der Waals surface area (Å²) in [6.07, 6.45) is 0.451. The number of carbonyl (C=O) groups excluding carboxylic acids is 3. The van der Waals surface area contributed by atoms with Crippen LogP contribution in [0.5, 0.6) is 0 Å². The molecule has 0 aliphatic carbocycles. The highest BCUT2D eigenvalue weighted by Crippen LogP contribution is 2.18. The van der Waals surface area contributed by atoms with Crippen molar-refractivity contribution >= 4 is 28.7 Å². The van der Waals surface area contributed by atoms with Gasteiger partial charge in [-0.25, -0.2) is 4.79 Å². The molecule has 4 amide bonds. The molecule has 1 saturated heterocycles. The lowest BCUT2D eigenvalue weighted by Gasteiger charge is -2.15. The average Bonchev–Trinajstić information content (AvgIpc) is 2.75. The van der Waals surface area contributed by atoms with Crippen molar-refractivity contribution in [3.8, 4) is 0 Å². The SMILES string of the molecule is Cc1cc2ccccc2n1CCNC(=O)[C@@H]1CCC(=O)NC(=O)N1. The average molecular weight is 328 g/mol. The molecule has 3 rings (SSSR count). The summed E-state index contributed by atoms with van der Waals surface area (Å²) < 4.78 is 2.15. The summed E-state index contributed by atoms with van der Waals surface area (Å²) in [5.41, 5.74) is 2.25. The summed E-state index contributed by atoms with van der Waals surface area (Å²) in [5, 5.41) is 8.66. The van der Waals surface area contributed by atoms with Crippen LogP contribution in [0.4, 0.5) is 4.79 Å². The van der Waals surface area contributed by atoms with Crippen LogP contribution in [0.3, 0.4) is 0 Å². The fraction of sp³-hybridized carbons (Fsp3) is 0.353. The molecular weight excluding hydrogens is 308 g/mol. The standard InChI is InChI=1S/C17H20N4O3/c1-11-10-12-4-2-3-5-14(12)21(11)9-8-18-16(23)13-6-7-15(22)20-17(24)19-13/h2-5,10,13H,6-9H2,1H3,(H,18,23)(H2,19,20,22,24)/t13-/m0/s1. The van der Waals surface area contributed by atoms with Gasteiger partial charge in [-0.1, -0.05) is 18.2 Å². The van der Waals surface area contributed by atoms with E-state index in [-0.39, 0.29) is 18.2 Å². The Balaban J connectivity index is 1.59. The summed E-state index contributed by atoms with van der Waals surface area (Å²) in [7, 11) is 0. The summed E-state index contributed by atoms with van der Waals surface area (Å²) in [6.45, 7) is 3.12. The van der Waals surface area contributed by atoms with Crippen LogP contribution in [0.15, 0.2) is 30.3 Å². The number of rotatable bonds is 4. The van der Waals surface area contributed by atoms with Crippen LogP contribution in [0, 0.1) is 6.92 Å². The molecule has 0 bridgehead atoms. The fourth-order valence-electron chi connectivity index (χ4n) is 2.99. The van der Waals surface area contributed by atoms with Crippen molar-refractivity contribution in [3.63, 3.8) is 0 Å². The Bertz CT molecular complexity index is 796. The Kier molecular flexibility index (Phi) is 4.50. The first-order chi connectivity index (χ1) is 11.5. The molecule has 1 aromatic carbocycles. The largest absolute Gasteiger partial charge is 0.353 e. The maximum atomic E-state index is 12.2. The highest BCUT2D eigenvalue weighted by atomic mass is 16.2. The van der Waals surface area contributed by atoms with E-state index in [0.29, 0.717) is 19.5 Å². The number of aryl methyl sites for hydroxylation is 1. The fourth-order valence-corrected chi connectivity index (χ4v) is 2.99. The lowest BCUT2D eigenvalue weighted by molar-refractivity contribution is -0.123. The number of carbonyl (C=O) groups is 3.